The van der Waals surface area contributed by atoms with E-state index in [1.807, 2.05) is 83.1 Å². The molecule has 0 bridgehead atoms. The highest BCUT2D eigenvalue weighted by Crippen LogP contribution is 2.42. The SMILES string of the molecule is CC(C)(C)c1cc(-n2c(=O)c3cc4c(=O)n(-c5cc(C(C)(C)C)c(O)c(C(C)(C)C)c5)c(=O)c4cc3c2=O)cc(C(C)(C)C)c1O. The van der Waals surface area contributed by atoms with Crippen LogP contribution in [0.4, 0.5) is 0 Å². The molecule has 0 aliphatic carbocycles. The van der Waals surface area contributed by atoms with Crippen LogP contribution in [0.25, 0.3) is 32.9 Å². The molecular formula is C38H44N2O6. The van der Waals surface area contributed by atoms with Crippen LogP contribution in [0.1, 0.15) is 105 Å². The molecule has 5 aromatic rings. The Hall–Kier alpha value is -4.46. The topological polar surface area (TPSA) is 119 Å². The quantitative estimate of drug-likeness (QED) is 0.232. The van der Waals surface area contributed by atoms with Crippen molar-refractivity contribution in [2.45, 2.75) is 105 Å². The Morgan fingerprint density at radius 1 is 0.391 bits per heavy atom. The lowest BCUT2D eigenvalue weighted by molar-refractivity contribution is 0.422. The van der Waals surface area contributed by atoms with Crippen molar-refractivity contribution < 1.29 is 10.2 Å². The van der Waals surface area contributed by atoms with E-state index < -0.39 is 43.9 Å². The van der Waals surface area contributed by atoms with Crippen molar-refractivity contribution in [1.82, 2.24) is 9.13 Å². The minimum atomic E-state index is -0.610. The van der Waals surface area contributed by atoms with Crippen molar-refractivity contribution in [2.75, 3.05) is 0 Å². The average molecular weight is 625 g/mol. The third-order valence-electron chi connectivity index (χ3n) is 8.83. The summed E-state index contributed by atoms with van der Waals surface area (Å²) in [6.07, 6.45) is 0. The van der Waals surface area contributed by atoms with Gasteiger partial charge in [-0.3, -0.25) is 19.2 Å². The predicted molar refractivity (Wildman–Crippen MR) is 186 cm³/mol. The van der Waals surface area contributed by atoms with Crippen molar-refractivity contribution in [3.8, 4) is 22.9 Å². The number of hydrogen-bond donors (Lipinski definition) is 2. The molecule has 0 aliphatic heterocycles. The van der Waals surface area contributed by atoms with E-state index in [9.17, 15) is 29.4 Å². The zero-order valence-electron chi connectivity index (χ0n) is 28.9. The van der Waals surface area contributed by atoms with E-state index in [0.717, 1.165) is 9.13 Å². The Labute approximate surface area is 268 Å². The summed E-state index contributed by atoms with van der Waals surface area (Å²) in [6.45, 7) is 23.3. The van der Waals surface area contributed by atoms with Crippen LogP contribution in [0.3, 0.4) is 0 Å². The summed E-state index contributed by atoms with van der Waals surface area (Å²) in [4.78, 5) is 55.6. The maximum Gasteiger partial charge on any atom is 0.266 e. The van der Waals surface area contributed by atoms with Crippen LogP contribution in [0.15, 0.2) is 55.6 Å². The number of fused-ring (bicyclic) bond motifs is 2. The van der Waals surface area contributed by atoms with Gasteiger partial charge in [-0.25, -0.2) is 9.13 Å². The molecule has 5 rings (SSSR count). The van der Waals surface area contributed by atoms with Gasteiger partial charge in [0.25, 0.3) is 22.2 Å². The number of aromatic nitrogens is 2. The lowest BCUT2D eigenvalue weighted by atomic mass is 9.79. The highest BCUT2D eigenvalue weighted by atomic mass is 16.3. The van der Waals surface area contributed by atoms with Crippen LogP contribution in [0.5, 0.6) is 11.5 Å². The molecule has 0 saturated carbocycles. The Bertz CT molecular complexity index is 1970. The predicted octanol–water partition coefficient (Wildman–Crippen LogP) is 6.49. The number of phenols is 2. The van der Waals surface area contributed by atoms with E-state index in [1.54, 1.807) is 24.3 Å². The molecule has 0 atom stereocenters. The number of nitrogens with zero attached hydrogens (tertiary/aromatic N) is 2. The van der Waals surface area contributed by atoms with Gasteiger partial charge >= 0.3 is 0 Å². The molecule has 2 N–H and O–H groups in total. The van der Waals surface area contributed by atoms with Crippen molar-refractivity contribution in [2.24, 2.45) is 0 Å². The first-order valence-electron chi connectivity index (χ1n) is 15.6. The minimum absolute atomic E-state index is 0.0332. The third kappa shape index (κ3) is 5.08. The first kappa shape index (κ1) is 32.9. The standard InChI is InChI=1S/C38H44N2O6/c1-35(2,3)25-13-19(14-26(29(25)41)36(4,5)6)39-31(43)21-17-23-24(18-22(21)32(39)44)34(46)40(33(23)45)20-15-27(37(7,8)9)30(42)28(16-20)38(10,11)12/h13-18,41-42H,1-12H3. The Balaban J connectivity index is 1.83. The van der Waals surface area contributed by atoms with Crippen LogP contribution >= 0.6 is 0 Å². The largest absolute Gasteiger partial charge is 0.507 e. The third-order valence-corrected chi connectivity index (χ3v) is 8.83. The van der Waals surface area contributed by atoms with E-state index in [4.69, 9.17) is 0 Å². The molecule has 0 spiro atoms. The van der Waals surface area contributed by atoms with Gasteiger partial charge in [0.05, 0.1) is 32.9 Å². The highest BCUT2D eigenvalue weighted by Gasteiger charge is 2.30. The lowest BCUT2D eigenvalue weighted by Gasteiger charge is -2.28. The van der Waals surface area contributed by atoms with E-state index in [1.165, 1.54) is 12.1 Å². The van der Waals surface area contributed by atoms with Gasteiger partial charge in [0.1, 0.15) is 11.5 Å². The molecule has 242 valence electrons. The van der Waals surface area contributed by atoms with E-state index in [2.05, 4.69) is 0 Å². The summed E-state index contributed by atoms with van der Waals surface area (Å²) in [6, 6.07) is 9.31. The maximum absolute atomic E-state index is 13.9. The molecule has 8 nitrogen and oxygen atoms in total. The molecule has 3 aromatic carbocycles. The molecule has 0 radical (unpaired) electrons. The van der Waals surface area contributed by atoms with E-state index in [-0.39, 0.29) is 33.0 Å². The fraction of sp³-hybridized carbons (Fsp3) is 0.421. The highest BCUT2D eigenvalue weighted by molar-refractivity contribution is 5.98. The van der Waals surface area contributed by atoms with Crippen molar-refractivity contribution in [3.63, 3.8) is 0 Å². The number of phenolic OH excluding ortho intramolecular Hbond substituents is 2. The number of rotatable bonds is 2. The molecule has 0 saturated heterocycles. The second kappa shape index (κ2) is 10.0. The fourth-order valence-corrected chi connectivity index (χ4v) is 6.23. The molecule has 2 heterocycles. The zero-order valence-corrected chi connectivity index (χ0v) is 28.9. The monoisotopic (exact) mass is 624 g/mol. The second-order valence-corrected chi connectivity index (χ2v) is 16.6. The second-order valence-electron chi connectivity index (χ2n) is 16.6. The lowest BCUT2D eigenvalue weighted by Crippen LogP contribution is -2.26. The van der Waals surface area contributed by atoms with Gasteiger partial charge in [-0.15, -0.1) is 0 Å². The van der Waals surface area contributed by atoms with Gasteiger partial charge in [-0.05, 0) is 58.1 Å². The molecule has 8 heteroatoms. The molecule has 0 unspecified atom stereocenters. The first-order valence-corrected chi connectivity index (χ1v) is 15.6. The number of aromatic hydroxyl groups is 2. The van der Waals surface area contributed by atoms with Crippen molar-refractivity contribution in [1.29, 1.82) is 0 Å². The summed E-state index contributed by atoms with van der Waals surface area (Å²) in [5.74, 6) is 0.239. The molecule has 46 heavy (non-hydrogen) atoms. The van der Waals surface area contributed by atoms with Gasteiger partial charge in [0.15, 0.2) is 0 Å². The Morgan fingerprint density at radius 3 is 0.761 bits per heavy atom. The minimum Gasteiger partial charge on any atom is -0.507 e. The maximum atomic E-state index is 13.9. The molecule has 0 fully saturated rings. The fourth-order valence-electron chi connectivity index (χ4n) is 6.23. The molecule has 2 aromatic heterocycles. The Kier molecular flexibility index (Phi) is 7.17. The molecular weight excluding hydrogens is 580 g/mol. The van der Waals surface area contributed by atoms with Gasteiger partial charge in [0.2, 0.25) is 0 Å². The van der Waals surface area contributed by atoms with Crippen LogP contribution in [-0.4, -0.2) is 19.3 Å². The van der Waals surface area contributed by atoms with Crippen molar-refractivity contribution >= 4 is 21.5 Å². The van der Waals surface area contributed by atoms with Gasteiger partial charge in [0, 0.05) is 22.3 Å². The number of benzene rings is 3. The van der Waals surface area contributed by atoms with Crippen LogP contribution in [0.2, 0.25) is 0 Å². The van der Waals surface area contributed by atoms with Crippen molar-refractivity contribution in [3.05, 3.63) is 100 Å². The molecule has 0 amide bonds. The van der Waals surface area contributed by atoms with Crippen LogP contribution < -0.4 is 22.2 Å². The van der Waals surface area contributed by atoms with Gasteiger partial charge < -0.3 is 10.2 Å². The summed E-state index contributed by atoms with van der Waals surface area (Å²) in [7, 11) is 0. The summed E-state index contributed by atoms with van der Waals surface area (Å²) in [5.41, 5.74) is -1.41. The number of hydrogen-bond acceptors (Lipinski definition) is 6. The first-order chi connectivity index (χ1) is 20.9. The summed E-state index contributed by atoms with van der Waals surface area (Å²) >= 11 is 0. The van der Waals surface area contributed by atoms with Crippen LogP contribution in [-0.2, 0) is 21.7 Å². The smallest absolute Gasteiger partial charge is 0.266 e. The van der Waals surface area contributed by atoms with Crippen LogP contribution in [0, 0.1) is 0 Å². The normalized spacial score (nSPS) is 13.3. The molecule has 0 aliphatic rings. The van der Waals surface area contributed by atoms with Gasteiger partial charge in [-0.2, -0.15) is 0 Å². The summed E-state index contributed by atoms with van der Waals surface area (Å²) in [5, 5.41) is 22.5. The van der Waals surface area contributed by atoms with E-state index in [0.29, 0.717) is 33.6 Å². The summed E-state index contributed by atoms with van der Waals surface area (Å²) < 4.78 is 2.11. The average Bonchev–Trinajstić information content (AvgIpc) is 3.29. The van der Waals surface area contributed by atoms with Gasteiger partial charge in [-0.1, -0.05) is 83.1 Å². The Morgan fingerprint density at radius 2 is 0.587 bits per heavy atom. The zero-order chi connectivity index (χ0) is 34.6. The van der Waals surface area contributed by atoms with E-state index >= 15 is 0 Å².